The standard InChI is InChI=1S/2C20H25NO6.2C10H13NO3.C6H4INO2/c2*1-12(2)15(13-8-6-7-9-14(13)21(24)25)26-17(23)20-11-10-19(5,16(22)27-20)18(20,3)4;2*1-7(2)10(12)8-5-3-4-6-9(8)11(13)14;7-5-3-1-2-4-6(5)8(9)10/h2*6-9,12,15H,10-11H2,1-5H3;2*3-7,10,12H,1-2H3;1-4H/t15?,19-,20+;15-,19-,20+;10-;;/m000../s1. The van der Waals surface area contributed by atoms with Crippen LogP contribution in [0.15, 0.2) is 121 Å². The van der Waals surface area contributed by atoms with E-state index in [1.54, 1.807) is 91.0 Å². The van der Waals surface area contributed by atoms with Gasteiger partial charge in [-0.3, -0.25) is 60.2 Å². The van der Waals surface area contributed by atoms with Crippen molar-refractivity contribution in [1.82, 2.24) is 0 Å². The van der Waals surface area contributed by atoms with Crippen LogP contribution in [0, 0.1) is 99.5 Å². The number of esters is 4. The van der Waals surface area contributed by atoms with Crippen LogP contribution in [0.5, 0.6) is 0 Å². The number of carbonyl (C=O) groups is 4. The van der Waals surface area contributed by atoms with Crippen LogP contribution in [0.3, 0.4) is 0 Å². The van der Waals surface area contributed by atoms with Crippen LogP contribution in [-0.4, -0.2) is 69.9 Å². The third-order valence-corrected chi connectivity index (χ3v) is 19.5. The number of ether oxygens (including phenoxy) is 4. The first kappa shape index (κ1) is 74.4. The third kappa shape index (κ3) is 14.6. The molecule has 2 saturated heterocycles. The van der Waals surface area contributed by atoms with Gasteiger partial charge in [-0.05, 0) is 116 Å². The molecular formula is C66H80IN5O20. The second-order valence-electron chi connectivity index (χ2n) is 25.8. The number of nitrogens with zero attached hydrogens (tertiary/aromatic N) is 5. The lowest BCUT2D eigenvalue weighted by Crippen LogP contribution is -2.49. The number of rotatable bonds is 17. The van der Waals surface area contributed by atoms with Crippen molar-refractivity contribution in [2.75, 3.05) is 0 Å². The number of carbonyl (C=O) groups excluding carboxylic acids is 4. The number of aliphatic hydroxyl groups is 2. The number of benzene rings is 5. The lowest BCUT2D eigenvalue weighted by molar-refractivity contribution is -0.386. The lowest BCUT2D eigenvalue weighted by Gasteiger charge is -2.36. The molecule has 4 aliphatic rings. The fraction of sp³-hybridized carbons (Fsp3) is 0.485. The van der Waals surface area contributed by atoms with Gasteiger partial charge >= 0.3 is 23.9 Å². The van der Waals surface area contributed by atoms with E-state index < -0.39 is 88.9 Å². The van der Waals surface area contributed by atoms with E-state index in [1.165, 1.54) is 30.3 Å². The molecular weight excluding hydrogens is 1310 g/mol. The average molecular weight is 1390 g/mol. The van der Waals surface area contributed by atoms with Crippen molar-refractivity contribution >= 4 is 74.9 Å². The largest absolute Gasteiger partial charge is 0.454 e. The molecule has 2 unspecified atom stereocenters. The van der Waals surface area contributed by atoms with E-state index in [0.29, 0.717) is 51.5 Å². The molecule has 2 aliphatic carbocycles. The van der Waals surface area contributed by atoms with E-state index in [1.807, 2.05) is 120 Å². The van der Waals surface area contributed by atoms with Crippen molar-refractivity contribution in [3.05, 3.63) is 198 Å². The molecule has 2 saturated carbocycles. The summed E-state index contributed by atoms with van der Waals surface area (Å²) in [6.07, 6.45) is -1.30. The molecule has 4 fully saturated rings. The van der Waals surface area contributed by atoms with Crippen molar-refractivity contribution in [3.63, 3.8) is 0 Å². The number of para-hydroxylation sites is 5. The van der Waals surface area contributed by atoms with Crippen LogP contribution >= 0.6 is 22.6 Å². The highest BCUT2D eigenvalue weighted by atomic mass is 127. The van der Waals surface area contributed by atoms with Gasteiger partial charge in [0, 0.05) is 41.2 Å². The van der Waals surface area contributed by atoms with Gasteiger partial charge < -0.3 is 29.2 Å². The normalized spacial score (nSPS) is 22.2. The number of hydrogen-bond donors (Lipinski definition) is 2. The minimum absolute atomic E-state index is 0.0197. The smallest absolute Gasteiger partial charge is 0.351 e. The molecule has 0 aromatic heterocycles. The van der Waals surface area contributed by atoms with E-state index in [2.05, 4.69) is 0 Å². The molecule has 2 N–H and O–H groups in total. The SMILES string of the molecule is CC(C)C(O)c1ccccc1[N+](=O)[O-].CC(C)C(OC(=O)[C@@]12CC[C@@](C)(C(=O)O1)C2(C)C)c1ccccc1[N+](=O)[O-].CC(C)[C@H](O)c1ccccc1[N+](=O)[O-].CC(C)[C@H](OC(=O)[C@@]12CC[C@@](C)(C(=O)O1)C2(C)C)c1ccccc1[N+](=O)[O-].O=[N+]([O-])c1ccccc1I. The van der Waals surface area contributed by atoms with Gasteiger partial charge in [0.2, 0.25) is 11.2 Å². The maximum atomic E-state index is 13.2. The highest BCUT2D eigenvalue weighted by Crippen LogP contribution is 2.67. The molecule has 0 amide bonds. The second-order valence-corrected chi connectivity index (χ2v) is 27.0. The summed E-state index contributed by atoms with van der Waals surface area (Å²) in [5.41, 5.74) is -4.25. The molecule has 26 heteroatoms. The third-order valence-electron chi connectivity index (χ3n) is 18.6. The highest BCUT2D eigenvalue weighted by Gasteiger charge is 2.78. The monoisotopic (exact) mass is 1390 g/mol. The molecule has 5 aromatic rings. The van der Waals surface area contributed by atoms with Crippen LogP contribution in [0.4, 0.5) is 28.4 Å². The first-order chi connectivity index (χ1) is 42.7. The first-order valence-corrected chi connectivity index (χ1v) is 30.9. The van der Waals surface area contributed by atoms with Gasteiger partial charge in [0.25, 0.3) is 28.4 Å². The topological polar surface area (TPSA) is 361 Å². The van der Waals surface area contributed by atoms with Gasteiger partial charge in [-0.2, -0.15) is 0 Å². The Morgan fingerprint density at radius 3 is 0.891 bits per heavy atom. The Kier molecular flexibility index (Phi) is 23.8. The molecule has 4 bridgehead atoms. The Bertz CT molecular complexity index is 3390. The van der Waals surface area contributed by atoms with Crippen molar-refractivity contribution in [2.24, 2.45) is 45.3 Å². The first-order valence-electron chi connectivity index (χ1n) is 29.8. The molecule has 0 spiro atoms. The maximum absolute atomic E-state index is 13.2. The van der Waals surface area contributed by atoms with Gasteiger partial charge in [-0.15, -0.1) is 0 Å². The Morgan fingerprint density at radius 1 is 0.424 bits per heavy atom. The van der Waals surface area contributed by atoms with Crippen LogP contribution < -0.4 is 0 Å². The Hall–Kier alpha value is -8.37. The summed E-state index contributed by atoms with van der Waals surface area (Å²) >= 11 is 1.93. The van der Waals surface area contributed by atoms with Gasteiger partial charge in [0.15, 0.2) is 0 Å². The summed E-state index contributed by atoms with van der Waals surface area (Å²) in [4.78, 5) is 103. The number of halogens is 1. The van der Waals surface area contributed by atoms with Crippen molar-refractivity contribution in [3.8, 4) is 0 Å². The minimum Gasteiger partial charge on any atom is -0.454 e. The van der Waals surface area contributed by atoms with Crippen LogP contribution in [0.1, 0.15) is 169 Å². The quantitative estimate of drug-likeness (QED) is 0.0287. The average Bonchev–Trinajstić information content (AvgIpc) is 1.53. The predicted octanol–water partition coefficient (Wildman–Crippen LogP) is 14.7. The van der Waals surface area contributed by atoms with Crippen molar-refractivity contribution in [2.45, 2.75) is 158 Å². The summed E-state index contributed by atoms with van der Waals surface area (Å²) in [6.45, 7) is 25.6. The fourth-order valence-corrected chi connectivity index (χ4v) is 12.4. The molecule has 8 atom stereocenters. The number of fused-ring (bicyclic) bond motifs is 4. The molecule has 0 radical (unpaired) electrons. The number of nitro groups is 5. The molecule has 25 nitrogen and oxygen atoms in total. The fourth-order valence-electron chi connectivity index (χ4n) is 11.9. The van der Waals surface area contributed by atoms with Crippen LogP contribution in [0.2, 0.25) is 0 Å². The van der Waals surface area contributed by atoms with E-state index in [-0.39, 0.29) is 69.0 Å². The van der Waals surface area contributed by atoms with E-state index in [0.717, 1.165) is 0 Å². The van der Waals surface area contributed by atoms with Crippen molar-refractivity contribution < 1.29 is 73.0 Å². The van der Waals surface area contributed by atoms with Crippen LogP contribution in [-0.2, 0) is 38.1 Å². The Labute approximate surface area is 546 Å². The predicted molar refractivity (Wildman–Crippen MR) is 345 cm³/mol. The zero-order chi connectivity index (χ0) is 69.4. The zero-order valence-corrected chi connectivity index (χ0v) is 56.0. The number of nitro benzene ring substituents is 5. The summed E-state index contributed by atoms with van der Waals surface area (Å²) in [6, 6.07) is 31.6. The van der Waals surface area contributed by atoms with Gasteiger partial charge in [0.1, 0.15) is 12.2 Å². The molecule has 496 valence electrons. The maximum Gasteiger partial charge on any atom is 0.351 e. The highest BCUT2D eigenvalue weighted by molar-refractivity contribution is 14.1. The van der Waals surface area contributed by atoms with E-state index in [4.69, 9.17) is 18.9 Å². The molecule has 2 heterocycles. The van der Waals surface area contributed by atoms with Gasteiger partial charge in [-0.1, -0.05) is 144 Å². The summed E-state index contributed by atoms with van der Waals surface area (Å²) < 4.78 is 23.4. The number of hydrogen-bond acceptors (Lipinski definition) is 20. The van der Waals surface area contributed by atoms with E-state index >= 15 is 0 Å². The summed E-state index contributed by atoms with van der Waals surface area (Å²) in [5, 5.41) is 73.8. The summed E-state index contributed by atoms with van der Waals surface area (Å²) in [5.74, 6) is -2.48. The van der Waals surface area contributed by atoms with Crippen LogP contribution in [0.25, 0.3) is 0 Å². The molecule has 5 aromatic carbocycles. The molecule has 2 aliphatic heterocycles. The van der Waals surface area contributed by atoms with E-state index in [9.17, 15) is 80.0 Å². The van der Waals surface area contributed by atoms with Gasteiger partial charge in [-0.25, -0.2) is 9.59 Å². The minimum atomic E-state index is -1.35. The van der Waals surface area contributed by atoms with Crippen molar-refractivity contribution in [1.29, 1.82) is 0 Å². The Balaban J connectivity index is 0.000000220. The van der Waals surface area contributed by atoms with Gasteiger partial charge in [0.05, 0.1) is 73.5 Å². The summed E-state index contributed by atoms with van der Waals surface area (Å²) in [7, 11) is 0. The number of aliphatic hydroxyl groups excluding tert-OH is 2. The lowest BCUT2D eigenvalue weighted by atomic mass is 9.66. The second kappa shape index (κ2) is 29.5. The molecule has 9 rings (SSSR count). The molecule has 92 heavy (non-hydrogen) atoms. The Morgan fingerprint density at radius 2 is 0.674 bits per heavy atom. The zero-order valence-electron chi connectivity index (χ0n) is 53.9.